The van der Waals surface area contributed by atoms with Gasteiger partial charge in [0.05, 0.1) is 11.6 Å². The molecule has 0 spiro atoms. The van der Waals surface area contributed by atoms with Crippen molar-refractivity contribution in [2.45, 2.75) is 31.8 Å². The van der Waals surface area contributed by atoms with Gasteiger partial charge in [0.1, 0.15) is 0 Å². The fourth-order valence-electron chi connectivity index (χ4n) is 1.55. The van der Waals surface area contributed by atoms with Crippen molar-refractivity contribution in [2.75, 3.05) is 0 Å². The largest absolute Gasteiger partial charge is 0.307 e. The lowest BCUT2D eigenvalue weighted by Gasteiger charge is -2.13. The standard InChI is InChI=1S/C12H14N2/c1-9(14-12-6-7-12)11-4-2-10(8-13)3-5-11/h2-5,9,12,14H,6-7H2,1H3/t9-/m0/s1. The molecule has 1 atom stereocenters. The Balaban J connectivity index is 2.04. The van der Waals surface area contributed by atoms with Gasteiger partial charge in [-0.2, -0.15) is 5.26 Å². The summed E-state index contributed by atoms with van der Waals surface area (Å²) >= 11 is 0. The Morgan fingerprint density at radius 1 is 1.36 bits per heavy atom. The number of benzene rings is 1. The van der Waals surface area contributed by atoms with Crippen LogP contribution in [-0.2, 0) is 0 Å². The van der Waals surface area contributed by atoms with E-state index in [0.717, 1.165) is 11.6 Å². The van der Waals surface area contributed by atoms with E-state index in [-0.39, 0.29) is 0 Å². The lowest BCUT2D eigenvalue weighted by atomic mass is 10.1. The topological polar surface area (TPSA) is 35.8 Å². The number of hydrogen-bond acceptors (Lipinski definition) is 2. The summed E-state index contributed by atoms with van der Waals surface area (Å²) in [5.41, 5.74) is 1.99. The van der Waals surface area contributed by atoms with E-state index in [4.69, 9.17) is 5.26 Å². The molecule has 72 valence electrons. The van der Waals surface area contributed by atoms with Gasteiger partial charge in [-0.1, -0.05) is 12.1 Å². The van der Waals surface area contributed by atoms with Gasteiger partial charge in [-0.3, -0.25) is 0 Å². The normalized spacial score (nSPS) is 17.4. The van der Waals surface area contributed by atoms with Gasteiger partial charge in [-0.05, 0) is 37.5 Å². The Hall–Kier alpha value is -1.33. The molecule has 0 aliphatic heterocycles. The van der Waals surface area contributed by atoms with E-state index < -0.39 is 0 Å². The first-order valence-corrected chi connectivity index (χ1v) is 5.05. The zero-order valence-corrected chi connectivity index (χ0v) is 8.33. The van der Waals surface area contributed by atoms with Crippen LogP contribution in [0.15, 0.2) is 24.3 Å². The molecule has 0 amide bonds. The second-order valence-corrected chi connectivity index (χ2v) is 3.90. The molecule has 2 nitrogen and oxygen atoms in total. The predicted octanol–water partition coefficient (Wildman–Crippen LogP) is 2.37. The van der Waals surface area contributed by atoms with Crippen molar-refractivity contribution in [3.63, 3.8) is 0 Å². The second-order valence-electron chi connectivity index (χ2n) is 3.90. The van der Waals surface area contributed by atoms with Gasteiger partial charge in [0, 0.05) is 12.1 Å². The third-order valence-electron chi connectivity index (χ3n) is 2.60. The molecule has 0 heterocycles. The SMILES string of the molecule is C[C@H](NC1CC1)c1ccc(C#N)cc1. The highest BCUT2D eigenvalue weighted by molar-refractivity contribution is 5.32. The summed E-state index contributed by atoms with van der Waals surface area (Å²) in [6, 6.07) is 11.1. The van der Waals surface area contributed by atoms with Crippen LogP contribution in [0.5, 0.6) is 0 Å². The van der Waals surface area contributed by atoms with Crippen LogP contribution in [-0.4, -0.2) is 6.04 Å². The minimum Gasteiger partial charge on any atom is -0.307 e. The van der Waals surface area contributed by atoms with Crippen molar-refractivity contribution in [3.05, 3.63) is 35.4 Å². The minimum absolute atomic E-state index is 0.398. The fourth-order valence-corrected chi connectivity index (χ4v) is 1.55. The van der Waals surface area contributed by atoms with Crippen LogP contribution in [0, 0.1) is 11.3 Å². The van der Waals surface area contributed by atoms with Crippen LogP contribution in [0.3, 0.4) is 0 Å². The van der Waals surface area contributed by atoms with Gasteiger partial charge in [0.2, 0.25) is 0 Å². The van der Waals surface area contributed by atoms with Crippen LogP contribution in [0.25, 0.3) is 0 Å². The highest BCUT2D eigenvalue weighted by Gasteiger charge is 2.22. The van der Waals surface area contributed by atoms with Crippen LogP contribution in [0.4, 0.5) is 0 Å². The zero-order valence-electron chi connectivity index (χ0n) is 8.33. The van der Waals surface area contributed by atoms with Crippen LogP contribution in [0.2, 0.25) is 0 Å². The first kappa shape index (κ1) is 9.23. The zero-order chi connectivity index (χ0) is 9.97. The maximum Gasteiger partial charge on any atom is 0.0991 e. The quantitative estimate of drug-likeness (QED) is 0.786. The van der Waals surface area contributed by atoms with E-state index in [0.29, 0.717) is 6.04 Å². The van der Waals surface area contributed by atoms with E-state index in [1.54, 1.807) is 0 Å². The lowest BCUT2D eigenvalue weighted by molar-refractivity contribution is 0.571. The molecule has 2 rings (SSSR count). The molecule has 0 radical (unpaired) electrons. The van der Waals surface area contributed by atoms with Gasteiger partial charge in [-0.25, -0.2) is 0 Å². The Morgan fingerprint density at radius 3 is 2.50 bits per heavy atom. The molecule has 1 aliphatic carbocycles. The van der Waals surface area contributed by atoms with Crippen molar-refractivity contribution in [1.82, 2.24) is 5.32 Å². The van der Waals surface area contributed by atoms with Crippen molar-refractivity contribution in [2.24, 2.45) is 0 Å². The summed E-state index contributed by atoms with van der Waals surface area (Å²) < 4.78 is 0. The third-order valence-corrected chi connectivity index (χ3v) is 2.60. The van der Waals surface area contributed by atoms with E-state index >= 15 is 0 Å². The summed E-state index contributed by atoms with van der Waals surface area (Å²) in [5, 5.41) is 12.2. The Bertz CT molecular complexity index is 344. The number of nitrogens with zero attached hydrogens (tertiary/aromatic N) is 1. The van der Waals surface area contributed by atoms with E-state index in [1.165, 1.54) is 18.4 Å². The van der Waals surface area contributed by atoms with E-state index in [1.807, 2.05) is 24.3 Å². The van der Waals surface area contributed by atoms with Crippen LogP contribution >= 0.6 is 0 Å². The van der Waals surface area contributed by atoms with Crippen molar-refractivity contribution >= 4 is 0 Å². The molecule has 1 aliphatic rings. The Labute approximate surface area is 84.6 Å². The predicted molar refractivity (Wildman–Crippen MR) is 55.7 cm³/mol. The monoisotopic (exact) mass is 186 g/mol. The smallest absolute Gasteiger partial charge is 0.0991 e. The molecule has 1 N–H and O–H groups in total. The molecule has 1 saturated carbocycles. The Morgan fingerprint density at radius 2 is 2.00 bits per heavy atom. The molecule has 2 heteroatoms. The molecule has 1 fully saturated rings. The van der Waals surface area contributed by atoms with Gasteiger partial charge in [0.15, 0.2) is 0 Å². The molecule has 1 aromatic carbocycles. The van der Waals surface area contributed by atoms with Crippen molar-refractivity contribution in [3.8, 4) is 6.07 Å². The molecule has 14 heavy (non-hydrogen) atoms. The molecule has 0 unspecified atom stereocenters. The van der Waals surface area contributed by atoms with Crippen molar-refractivity contribution in [1.29, 1.82) is 5.26 Å². The summed E-state index contributed by atoms with van der Waals surface area (Å²) in [6.45, 7) is 2.17. The fraction of sp³-hybridized carbons (Fsp3) is 0.417. The van der Waals surface area contributed by atoms with E-state index in [2.05, 4.69) is 18.3 Å². The number of nitrogens with one attached hydrogen (secondary N) is 1. The molecule has 1 aromatic rings. The lowest BCUT2D eigenvalue weighted by Crippen LogP contribution is -2.20. The van der Waals surface area contributed by atoms with Gasteiger partial charge in [-0.15, -0.1) is 0 Å². The second kappa shape index (κ2) is 3.81. The molecular weight excluding hydrogens is 172 g/mol. The summed E-state index contributed by atoms with van der Waals surface area (Å²) in [6.07, 6.45) is 2.61. The van der Waals surface area contributed by atoms with Gasteiger partial charge >= 0.3 is 0 Å². The third kappa shape index (κ3) is 2.12. The number of hydrogen-bond donors (Lipinski definition) is 1. The first-order chi connectivity index (χ1) is 6.79. The maximum atomic E-state index is 8.66. The van der Waals surface area contributed by atoms with Crippen molar-refractivity contribution < 1.29 is 0 Å². The molecule has 0 saturated heterocycles. The summed E-state index contributed by atoms with van der Waals surface area (Å²) in [5.74, 6) is 0. The molecule has 0 bridgehead atoms. The summed E-state index contributed by atoms with van der Waals surface area (Å²) in [4.78, 5) is 0. The van der Waals surface area contributed by atoms with Gasteiger partial charge in [0.25, 0.3) is 0 Å². The molecular formula is C12H14N2. The highest BCUT2D eigenvalue weighted by atomic mass is 15.0. The minimum atomic E-state index is 0.398. The number of nitriles is 1. The van der Waals surface area contributed by atoms with Crippen LogP contribution < -0.4 is 5.32 Å². The maximum absolute atomic E-state index is 8.66. The van der Waals surface area contributed by atoms with Gasteiger partial charge < -0.3 is 5.32 Å². The Kier molecular flexibility index (Phi) is 2.51. The summed E-state index contributed by atoms with van der Waals surface area (Å²) in [7, 11) is 0. The molecule has 0 aromatic heterocycles. The highest BCUT2D eigenvalue weighted by Crippen LogP contribution is 2.23. The first-order valence-electron chi connectivity index (χ1n) is 5.05. The average Bonchev–Trinajstić information content (AvgIpc) is 3.02. The van der Waals surface area contributed by atoms with E-state index in [9.17, 15) is 0 Å². The van der Waals surface area contributed by atoms with Crippen LogP contribution in [0.1, 0.15) is 36.9 Å². The number of rotatable bonds is 3. The average molecular weight is 186 g/mol.